The number of anilines is 1. The Labute approximate surface area is 121 Å². The van der Waals surface area contributed by atoms with Crippen LogP contribution in [0.4, 0.5) is 5.95 Å². The Balaban J connectivity index is 2.35. The second-order valence-electron chi connectivity index (χ2n) is 4.54. The van der Waals surface area contributed by atoms with Crippen molar-refractivity contribution in [2.75, 3.05) is 12.8 Å². The van der Waals surface area contributed by atoms with Crippen molar-refractivity contribution in [3.63, 3.8) is 0 Å². The molecule has 3 aromatic rings. The number of ether oxygens (including phenoxy) is 1. The van der Waals surface area contributed by atoms with Gasteiger partial charge >= 0.3 is 0 Å². The molecule has 0 saturated carbocycles. The van der Waals surface area contributed by atoms with Crippen LogP contribution >= 0.6 is 11.6 Å². The lowest BCUT2D eigenvalue weighted by atomic mass is 10.2. The molecule has 0 amide bonds. The molecule has 1 aromatic heterocycles. The van der Waals surface area contributed by atoms with E-state index < -0.39 is 0 Å². The largest absolute Gasteiger partial charge is 0.497 e. The van der Waals surface area contributed by atoms with Crippen molar-refractivity contribution in [3.8, 4) is 11.4 Å². The van der Waals surface area contributed by atoms with Gasteiger partial charge in [-0.15, -0.1) is 0 Å². The molecule has 0 aliphatic rings. The monoisotopic (exact) mass is 287 g/mol. The van der Waals surface area contributed by atoms with Crippen LogP contribution in [-0.2, 0) is 0 Å². The van der Waals surface area contributed by atoms with E-state index in [0.29, 0.717) is 11.0 Å². The van der Waals surface area contributed by atoms with Crippen LogP contribution in [0.15, 0.2) is 36.4 Å². The Kier molecular flexibility index (Phi) is 3.03. The molecule has 0 bridgehead atoms. The molecule has 102 valence electrons. The average Bonchev–Trinajstić information content (AvgIpc) is 2.77. The molecule has 0 spiro atoms. The van der Waals surface area contributed by atoms with Crippen molar-refractivity contribution >= 4 is 28.6 Å². The van der Waals surface area contributed by atoms with Crippen molar-refractivity contribution in [1.82, 2.24) is 9.55 Å². The minimum Gasteiger partial charge on any atom is -0.497 e. The van der Waals surface area contributed by atoms with Gasteiger partial charge in [0.15, 0.2) is 0 Å². The standard InChI is InChI=1S/C15H14ClN3O/c1-9-11(16)4-3-5-13(9)19-14-8-10(20-2)6-7-12(14)18-15(19)17/h3-8H,1-2H3,(H2,17,18). The molecule has 0 saturated heterocycles. The molecule has 0 aliphatic carbocycles. The summed E-state index contributed by atoms with van der Waals surface area (Å²) in [5, 5.41) is 0.701. The van der Waals surface area contributed by atoms with Crippen LogP contribution in [0.25, 0.3) is 16.7 Å². The summed E-state index contributed by atoms with van der Waals surface area (Å²) in [7, 11) is 1.63. The smallest absolute Gasteiger partial charge is 0.205 e. The molecule has 0 atom stereocenters. The molecule has 0 unspecified atom stereocenters. The van der Waals surface area contributed by atoms with Crippen LogP contribution in [0, 0.1) is 6.92 Å². The minimum absolute atomic E-state index is 0.429. The van der Waals surface area contributed by atoms with Gasteiger partial charge in [0, 0.05) is 11.1 Å². The lowest BCUT2D eigenvalue weighted by Gasteiger charge is -2.11. The minimum atomic E-state index is 0.429. The number of hydrogen-bond donors (Lipinski definition) is 1. The molecule has 2 N–H and O–H groups in total. The lowest BCUT2D eigenvalue weighted by molar-refractivity contribution is 0.415. The third-order valence-electron chi connectivity index (χ3n) is 3.37. The summed E-state index contributed by atoms with van der Waals surface area (Å²) >= 11 is 6.19. The van der Waals surface area contributed by atoms with Crippen molar-refractivity contribution in [2.24, 2.45) is 0 Å². The summed E-state index contributed by atoms with van der Waals surface area (Å²) in [6.45, 7) is 1.96. The first kappa shape index (κ1) is 12.8. The number of benzene rings is 2. The van der Waals surface area contributed by atoms with Crippen LogP contribution in [-0.4, -0.2) is 16.7 Å². The number of nitrogens with zero attached hydrogens (tertiary/aromatic N) is 2. The lowest BCUT2D eigenvalue weighted by Crippen LogP contribution is -2.02. The van der Waals surface area contributed by atoms with Gasteiger partial charge in [0.2, 0.25) is 5.95 Å². The first-order valence-electron chi connectivity index (χ1n) is 6.19. The third-order valence-corrected chi connectivity index (χ3v) is 3.78. The maximum atomic E-state index is 6.19. The van der Waals surface area contributed by atoms with Crippen LogP contribution in [0.1, 0.15) is 5.56 Å². The Hall–Kier alpha value is -2.20. The summed E-state index contributed by atoms with van der Waals surface area (Å²) in [6.07, 6.45) is 0. The van der Waals surface area contributed by atoms with E-state index >= 15 is 0 Å². The number of nitrogens with two attached hydrogens (primary N) is 1. The molecule has 5 heteroatoms. The Morgan fingerprint density at radius 1 is 1.25 bits per heavy atom. The van der Waals surface area contributed by atoms with E-state index in [1.807, 2.05) is 47.9 Å². The fourth-order valence-electron chi connectivity index (χ4n) is 2.29. The van der Waals surface area contributed by atoms with Crippen molar-refractivity contribution < 1.29 is 4.74 Å². The van der Waals surface area contributed by atoms with E-state index in [1.165, 1.54) is 0 Å². The predicted octanol–water partition coefficient (Wildman–Crippen LogP) is 3.58. The highest BCUT2D eigenvalue weighted by Crippen LogP contribution is 2.30. The molecule has 0 fully saturated rings. The highest BCUT2D eigenvalue weighted by molar-refractivity contribution is 6.31. The maximum Gasteiger partial charge on any atom is 0.205 e. The van der Waals surface area contributed by atoms with Gasteiger partial charge in [-0.2, -0.15) is 0 Å². The molecular formula is C15H14ClN3O. The molecule has 4 nitrogen and oxygen atoms in total. The highest BCUT2D eigenvalue weighted by Gasteiger charge is 2.13. The zero-order chi connectivity index (χ0) is 14.3. The normalized spacial score (nSPS) is 10.9. The molecule has 1 heterocycles. The van der Waals surface area contributed by atoms with Crippen LogP contribution in [0.5, 0.6) is 5.75 Å². The van der Waals surface area contributed by atoms with Crippen LogP contribution in [0.2, 0.25) is 5.02 Å². The van der Waals surface area contributed by atoms with Gasteiger partial charge in [0.25, 0.3) is 0 Å². The Bertz CT molecular complexity index is 795. The number of fused-ring (bicyclic) bond motifs is 1. The van der Waals surface area contributed by atoms with E-state index in [-0.39, 0.29) is 0 Å². The van der Waals surface area contributed by atoms with Gasteiger partial charge < -0.3 is 10.5 Å². The second kappa shape index (κ2) is 4.72. The summed E-state index contributed by atoms with van der Waals surface area (Å²) in [5.41, 5.74) is 9.66. The number of rotatable bonds is 2. The van der Waals surface area contributed by atoms with Crippen molar-refractivity contribution in [2.45, 2.75) is 6.92 Å². The second-order valence-corrected chi connectivity index (χ2v) is 4.95. The first-order chi connectivity index (χ1) is 9.61. The zero-order valence-corrected chi connectivity index (χ0v) is 12.0. The predicted molar refractivity (Wildman–Crippen MR) is 81.8 cm³/mol. The Morgan fingerprint density at radius 2 is 2.05 bits per heavy atom. The van der Waals surface area contributed by atoms with Gasteiger partial charge in [-0.1, -0.05) is 17.7 Å². The van der Waals surface area contributed by atoms with Gasteiger partial charge in [0.1, 0.15) is 5.75 Å². The number of halogens is 1. The molecular weight excluding hydrogens is 274 g/mol. The number of aromatic nitrogens is 2. The maximum absolute atomic E-state index is 6.19. The van der Waals surface area contributed by atoms with Crippen LogP contribution < -0.4 is 10.5 Å². The van der Waals surface area contributed by atoms with Gasteiger partial charge in [-0.3, -0.25) is 4.57 Å². The zero-order valence-electron chi connectivity index (χ0n) is 11.2. The van der Waals surface area contributed by atoms with E-state index in [0.717, 1.165) is 28.0 Å². The molecule has 2 aromatic carbocycles. The SMILES string of the molecule is COc1ccc2nc(N)n(-c3cccc(Cl)c3C)c2c1. The number of imidazole rings is 1. The summed E-state index contributed by atoms with van der Waals surface area (Å²) in [6, 6.07) is 11.4. The van der Waals surface area contributed by atoms with Crippen LogP contribution in [0.3, 0.4) is 0 Å². The average molecular weight is 288 g/mol. The number of methoxy groups -OCH3 is 1. The summed E-state index contributed by atoms with van der Waals surface area (Å²) in [4.78, 5) is 4.38. The summed E-state index contributed by atoms with van der Waals surface area (Å²) in [5.74, 6) is 1.19. The van der Waals surface area contributed by atoms with Gasteiger partial charge in [-0.25, -0.2) is 4.98 Å². The Morgan fingerprint density at radius 3 is 2.80 bits per heavy atom. The van der Waals surface area contributed by atoms with E-state index in [4.69, 9.17) is 22.1 Å². The van der Waals surface area contributed by atoms with E-state index in [1.54, 1.807) is 7.11 Å². The van der Waals surface area contributed by atoms with Crippen molar-refractivity contribution in [1.29, 1.82) is 0 Å². The van der Waals surface area contributed by atoms with E-state index in [9.17, 15) is 0 Å². The molecule has 0 radical (unpaired) electrons. The van der Waals surface area contributed by atoms with Gasteiger partial charge in [0.05, 0.1) is 23.8 Å². The van der Waals surface area contributed by atoms with Crippen molar-refractivity contribution in [3.05, 3.63) is 47.0 Å². The fraction of sp³-hybridized carbons (Fsp3) is 0.133. The highest BCUT2D eigenvalue weighted by atomic mass is 35.5. The van der Waals surface area contributed by atoms with E-state index in [2.05, 4.69) is 4.98 Å². The molecule has 0 aliphatic heterocycles. The quantitative estimate of drug-likeness (QED) is 0.784. The number of hydrogen-bond acceptors (Lipinski definition) is 3. The molecule has 3 rings (SSSR count). The first-order valence-corrected chi connectivity index (χ1v) is 6.57. The summed E-state index contributed by atoms with van der Waals surface area (Å²) < 4.78 is 7.16. The third kappa shape index (κ3) is 1.89. The number of nitrogen functional groups attached to an aromatic ring is 1. The molecule has 20 heavy (non-hydrogen) atoms. The van der Waals surface area contributed by atoms with Gasteiger partial charge in [-0.05, 0) is 36.8 Å². The topological polar surface area (TPSA) is 53.1 Å². The fourth-order valence-corrected chi connectivity index (χ4v) is 2.46.